The van der Waals surface area contributed by atoms with Crippen molar-refractivity contribution in [1.82, 2.24) is 24.9 Å². The van der Waals surface area contributed by atoms with Gasteiger partial charge in [-0.2, -0.15) is 0 Å². The number of nitrogens with zero attached hydrogens (tertiary/aromatic N) is 5. The van der Waals surface area contributed by atoms with E-state index in [1.54, 1.807) is 11.3 Å². The first kappa shape index (κ1) is 28.8. The fourth-order valence-corrected chi connectivity index (χ4v) is 7.35. The average molecular weight is 646 g/mol. The molecule has 49 heavy (non-hydrogen) atoms. The molecule has 0 atom stereocenters. The predicted molar refractivity (Wildman–Crippen MR) is 201 cm³/mol. The summed E-state index contributed by atoms with van der Waals surface area (Å²) in [6.45, 7) is 0. The minimum Gasteiger partial charge on any atom is -0.226 e. The molecule has 6 heteroatoms. The van der Waals surface area contributed by atoms with E-state index in [2.05, 4.69) is 84.9 Å². The molecule has 3 aromatic heterocycles. The lowest BCUT2D eigenvalue weighted by molar-refractivity contribution is 1.07. The Balaban J connectivity index is 1.23. The van der Waals surface area contributed by atoms with Gasteiger partial charge in [-0.25, -0.2) is 24.9 Å². The second-order valence-electron chi connectivity index (χ2n) is 11.7. The van der Waals surface area contributed by atoms with Crippen LogP contribution < -0.4 is 0 Å². The molecule has 0 aliphatic rings. The van der Waals surface area contributed by atoms with Crippen molar-refractivity contribution in [3.8, 4) is 67.9 Å². The molecule has 0 saturated carbocycles. The van der Waals surface area contributed by atoms with Gasteiger partial charge in [0.2, 0.25) is 0 Å². The Hall–Kier alpha value is -6.37. The highest BCUT2D eigenvalue weighted by molar-refractivity contribution is 7.26. The highest BCUT2D eigenvalue weighted by Crippen LogP contribution is 2.40. The van der Waals surface area contributed by atoms with Gasteiger partial charge in [-0.1, -0.05) is 152 Å². The van der Waals surface area contributed by atoms with Gasteiger partial charge in [0.15, 0.2) is 23.3 Å². The lowest BCUT2D eigenvalue weighted by atomic mass is 9.99. The minimum absolute atomic E-state index is 0.582. The molecule has 0 aliphatic heterocycles. The summed E-state index contributed by atoms with van der Waals surface area (Å²) in [6.07, 6.45) is 0. The summed E-state index contributed by atoms with van der Waals surface area (Å²) in [5, 5.41) is 1.13. The maximum Gasteiger partial charge on any atom is 0.164 e. The molecule has 0 radical (unpaired) electrons. The maximum absolute atomic E-state index is 5.19. The van der Waals surface area contributed by atoms with Crippen LogP contribution in [0.4, 0.5) is 0 Å². The standard InChI is InChI=1S/C43H27N5S/c1-4-15-28(16-5-1)33-23-10-11-24-34(33)43-47-40(30-19-8-3-9-20-30)46-42(48-43)32-22-14-21-31(27-32)41-44-37(29-17-6-2-7-18-29)39-38(45-41)35-25-12-13-26-36(35)49-39/h1-27H. The van der Waals surface area contributed by atoms with E-state index in [4.69, 9.17) is 24.9 Å². The molecule has 5 nitrogen and oxygen atoms in total. The van der Waals surface area contributed by atoms with E-state index in [9.17, 15) is 0 Å². The normalized spacial score (nSPS) is 11.3. The summed E-state index contributed by atoms with van der Waals surface area (Å²) in [6, 6.07) is 55.7. The van der Waals surface area contributed by atoms with E-state index in [0.717, 1.165) is 60.2 Å². The molecule has 0 N–H and O–H groups in total. The number of rotatable bonds is 6. The number of hydrogen-bond donors (Lipinski definition) is 0. The Morgan fingerprint density at radius 1 is 0.347 bits per heavy atom. The van der Waals surface area contributed by atoms with Crippen LogP contribution in [0.1, 0.15) is 0 Å². The monoisotopic (exact) mass is 645 g/mol. The van der Waals surface area contributed by atoms with Crippen LogP contribution in [0.5, 0.6) is 0 Å². The fraction of sp³-hybridized carbons (Fsp3) is 0. The smallest absolute Gasteiger partial charge is 0.164 e. The molecule has 9 rings (SSSR count). The Morgan fingerprint density at radius 3 is 1.57 bits per heavy atom. The second-order valence-corrected chi connectivity index (χ2v) is 12.8. The third-order valence-electron chi connectivity index (χ3n) is 8.57. The Kier molecular flexibility index (Phi) is 7.26. The highest BCUT2D eigenvalue weighted by atomic mass is 32.1. The first-order valence-corrected chi connectivity index (χ1v) is 16.9. The number of aromatic nitrogens is 5. The van der Waals surface area contributed by atoms with Crippen molar-refractivity contribution in [3.05, 3.63) is 164 Å². The Morgan fingerprint density at radius 2 is 0.857 bits per heavy atom. The zero-order valence-electron chi connectivity index (χ0n) is 26.2. The van der Waals surface area contributed by atoms with Crippen LogP contribution in [0.3, 0.4) is 0 Å². The first-order valence-electron chi connectivity index (χ1n) is 16.1. The quantitative estimate of drug-likeness (QED) is 0.180. The van der Waals surface area contributed by atoms with Gasteiger partial charge in [-0.15, -0.1) is 11.3 Å². The van der Waals surface area contributed by atoms with E-state index in [1.807, 2.05) is 78.9 Å². The molecule has 3 heterocycles. The van der Waals surface area contributed by atoms with Gasteiger partial charge in [0.1, 0.15) is 0 Å². The van der Waals surface area contributed by atoms with Crippen LogP contribution in [-0.4, -0.2) is 24.9 Å². The summed E-state index contributed by atoms with van der Waals surface area (Å²) in [7, 11) is 0. The third kappa shape index (κ3) is 5.44. The van der Waals surface area contributed by atoms with E-state index in [-0.39, 0.29) is 0 Å². The Labute approximate surface area is 287 Å². The zero-order valence-corrected chi connectivity index (χ0v) is 27.0. The summed E-state index contributed by atoms with van der Waals surface area (Å²) in [5.41, 5.74) is 8.72. The SMILES string of the molecule is c1ccc(-c2nc(-c3cccc(-c4nc(-c5ccccc5)c5sc6ccccc6c5n4)c3)nc(-c3ccccc3-c3ccccc3)n2)cc1. The van der Waals surface area contributed by atoms with Gasteiger partial charge in [0.05, 0.1) is 15.9 Å². The van der Waals surface area contributed by atoms with Gasteiger partial charge in [-0.05, 0) is 23.3 Å². The molecule has 0 bridgehead atoms. The molecule has 0 aliphatic carbocycles. The van der Waals surface area contributed by atoms with Crippen molar-refractivity contribution in [2.45, 2.75) is 0 Å². The third-order valence-corrected chi connectivity index (χ3v) is 9.73. The largest absolute Gasteiger partial charge is 0.226 e. The minimum atomic E-state index is 0.582. The van der Waals surface area contributed by atoms with Crippen LogP contribution in [0.2, 0.25) is 0 Å². The molecule has 0 fully saturated rings. The van der Waals surface area contributed by atoms with Crippen molar-refractivity contribution >= 4 is 31.6 Å². The molecule has 6 aromatic carbocycles. The zero-order chi connectivity index (χ0) is 32.6. The number of fused-ring (bicyclic) bond motifs is 3. The van der Waals surface area contributed by atoms with E-state index >= 15 is 0 Å². The molecule has 0 amide bonds. The van der Waals surface area contributed by atoms with Gasteiger partial charge in [-0.3, -0.25) is 0 Å². The van der Waals surface area contributed by atoms with E-state index in [0.29, 0.717) is 23.3 Å². The van der Waals surface area contributed by atoms with E-state index in [1.165, 1.54) is 4.70 Å². The van der Waals surface area contributed by atoms with Crippen molar-refractivity contribution in [1.29, 1.82) is 0 Å². The summed E-state index contributed by atoms with van der Waals surface area (Å²) in [4.78, 5) is 25.5. The lowest BCUT2D eigenvalue weighted by Gasteiger charge is -2.12. The predicted octanol–water partition coefficient (Wildman–Crippen LogP) is 11.0. The van der Waals surface area contributed by atoms with Crippen molar-refractivity contribution in [3.63, 3.8) is 0 Å². The number of thiophene rings is 1. The highest BCUT2D eigenvalue weighted by Gasteiger charge is 2.19. The topological polar surface area (TPSA) is 64.5 Å². The Bertz CT molecular complexity index is 2600. The van der Waals surface area contributed by atoms with Crippen LogP contribution in [0.25, 0.3) is 88.2 Å². The van der Waals surface area contributed by atoms with Crippen molar-refractivity contribution in [2.75, 3.05) is 0 Å². The molecular weight excluding hydrogens is 619 g/mol. The van der Waals surface area contributed by atoms with Gasteiger partial charge < -0.3 is 0 Å². The van der Waals surface area contributed by atoms with Crippen LogP contribution in [0, 0.1) is 0 Å². The van der Waals surface area contributed by atoms with Crippen molar-refractivity contribution in [2.24, 2.45) is 0 Å². The molecule has 0 unspecified atom stereocenters. The van der Waals surface area contributed by atoms with Gasteiger partial charge >= 0.3 is 0 Å². The molecule has 230 valence electrons. The average Bonchev–Trinajstić information content (AvgIpc) is 3.57. The number of benzene rings is 6. The first-order chi connectivity index (χ1) is 24.3. The molecular formula is C43H27N5S. The van der Waals surface area contributed by atoms with Crippen LogP contribution >= 0.6 is 11.3 Å². The van der Waals surface area contributed by atoms with E-state index < -0.39 is 0 Å². The summed E-state index contributed by atoms with van der Waals surface area (Å²) < 4.78 is 2.27. The van der Waals surface area contributed by atoms with Crippen LogP contribution in [0.15, 0.2) is 164 Å². The molecule has 0 saturated heterocycles. The molecule has 0 spiro atoms. The van der Waals surface area contributed by atoms with Gasteiger partial charge in [0, 0.05) is 37.9 Å². The van der Waals surface area contributed by atoms with Crippen LogP contribution in [-0.2, 0) is 0 Å². The summed E-state index contributed by atoms with van der Waals surface area (Å²) in [5.74, 6) is 2.47. The lowest BCUT2D eigenvalue weighted by Crippen LogP contribution is -2.01. The second kappa shape index (κ2) is 12.3. The molecule has 9 aromatic rings. The van der Waals surface area contributed by atoms with Crippen molar-refractivity contribution < 1.29 is 0 Å². The summed E-state index contributed by atoms with van der Waals surface area (Å²) >= 11 is 1.73. The fourth-order valence-electron chi connectivity index (χ4n) is 6.20. The maximum atomic E-state index is 5.19. The number of hydrogen-bond acceptors (Lipinski definition) is 6. The van der Waals surface area contributed by atoms with Gasteiger partial charge in [0.25, 0.3) is 0 Å².